The van der Waals surface area contributed by atoms with Crippen LogP contribution >= 0.6 is 0 Å². The molecule has 66 valence electrons. The Hall–Kier alpha value is -1.97. The van der Waals surface area contributed by atoms with Crippen LogP contribution in [-0.2, 0) is 0 Å². The van der Waals surface area contributed by atoms with Crippen molar-refractivity contribution in [2.24, 2.45) is 16.1 Å². The van der Waals surface area contributed by atoms with Gasteiger partial charge in [-0.1, -0.05) is 41.6 Å². The molecular weight excluding hydrogens is 164 g/mol. The number of hydrogen-bond acceptors (Lipinski definition) is 2. The Labute approximate surface area is 76.3 Å². The molecule has 0 aliphatic heterocycles. The fourth-order valence-electron chi connectivity index (χ4n) is 0.837. The Morgan fingerprint density at radius 3 is 2.62 bits per heavy atom. The van der Waals surface area contributed by atoms with Crippen molar-refractivity contribution in [1.29, 1.82) is 5.53 Å². The molecule has 1 aromatic rings. The fourth-order valence-corrected chi connectivity index (χ4v) is 0.837. The van der Waals surface area contributed by atoms with E-state index in [1.807, 2.05) is 36.4 Å². The summed E-state index contributed by atoms with van der Waals surface area (Å²) in [6.45, 7) is 0. The van der Waals surface area contributed by atoms with Crippen molar-refractivity contribution >= 4 is 11.9 Å². The van der Waals surface area contributed by atoms with Crippen LogP contribution in [0.25, 0.3) is 6.08 Å². The molecule has 4 nitrogen and oxygen atoms in total. The highest BCUT2D eigenvalue weighted by Gasteiger charge is 1.84. The minimum atomic E-state index is 0.221. The lowest BCUT2D eigenvalue weighted by Crippen LogP contribution is -2.05. The maximum absolute atomic E-state index is 6.44. The number of nitrogens with zero attached hydrogens (tertiary/aromatic N) is 2. The van der Waals surface area contributed by atoms with E-state index in [0.29, 0.717) is 0 Å². The van der Waals surface area contributed by atoms with Crippen LogP contribution in [0.4, 0.5) is 0 Å². The van der Waals surface area contributed by atoms with Crippen molar-refractivity contribution in [3.63, 3.8) is 0 Å². The molecule has 1 rings (SSSR count). The first-order valence-electron chi connectivity index (χ1n) is 3.76. The van der Waals surface area contributed by atoms with Gasteiger partial charge in [0.25, 0.3) is 0 Å². The largest absolute Gasteiger partial charge is 0.382 e. The summed E-state index contributed by atoms with van der Waals surface area (Å²) in [5.74, 6) is 0.221. The Balaban J connectivity index is 2.69. The molecule has 0 bridgehead atoms. The Bertz CT molecular complexity index is 327. The monoisotopic (exact) mass is 174 g/mol. The van der Waals surface area contributed by atoms with Crippen LogP contribution in [0.3, 0.4) is 0 Å². The molecule has 0 aromatic heterocycles. The van der Waals surface area contributed by atoms with Crippen LogP contribution in [0, 0.1) is 5.53 Å². The number of amidine groups is 1. The normalized spacial score (nSPS) is 11.8. The molecule has 1 aromatic carbocycles. The minimum absolute atomic E-state index is 0.221. The molecule has 0 amide bonds. The van der Waals surface area contributed by atoms with E-state index < -0.39 is 0 Å². The van der Waals surface area contributed by atoms with Gasteiger partial charge >= 0.3 is 0 Å². The molecule has 4 heteroatoms. The third-order valence-corrected chi connectivity index (χ3v) is 1.41. The van der Waals surface area contributed by atoms with Gasteiger partial charge in [-0.15, -0.1) is 5.10 Å². The topological polar surface area (TPSA) is 74.6 Å². The molecular formula is C9H10N4. The molecule has 0 saturated heterocycles. The zero-order valence-corrected chi connectivity index (χ0v) is 7.01. The fraction of sp³-hybridized carbons (Fsp3) is 0. The molecule has 0 atom stereocenters. The smallest absolute Gasteiger partial charge is 0.147 e. The second-order valence-electron chi connectivity index (χ2n) is 2.37. The van der Waals surface area contributed by atoms with Crippen LogP contribution in [0.5, 0.6) is 0 Å². The van der Waals surface area contributed by atoms with Crippen LogP contribution < -0.4 is 5.73 Å². The Kier molecular flexibility index (Phi) is 3.38. The first-order chi connectivity index (χ1) is 6.33. The highest BCUT2D eigenvalue weighted by molar-refractivity contribution is 5.94. The quantitative estimate of drug-likeness (QED) is 0.313. The van der Waals surface area contributed by atoms with Crippen molar-refractivity contribution in [3.05, 3.63) is 42.0 Å². The standard InChI is InChI=1S/C9H10N4/c10-9(12-13-11)7-6-8-4-2-1-3-5-8/h1-7H,(H3,10,11,12)/b7-6+. The molecule has 3 N–H and O–H groups in total. The van der Waals surface area contributed by atoms with E-state index in [9.17, 15) is 0 Å². The summed E-state index contributed by atoms with van der Waals surface area (Å²) in [4.78, 5) is 0. The van der Waals surface area contributed by atoms with Gasteiger partial charge in [-0.05, 0) is 11.6 Å². The van der Waals surface area contributed by atoms with Gasteiger partial charge in [0.15, 0.2) is 0 Å². The van der Waals surface area contributed by atoms with E-state index in [4.69, 9.17) is 11.3 Å². The van der Waals surface area contributed by atoms with E-state index >= 15 is 0 Å². The van der Waals surface area contributed by atoms with Gasteiger partial charge in [0.2, 0.25) is 0 Å². The van der Waals surface area contributed by atoms with Gasteiger partial charge in [0.05, 0.1) is 0 Å². The zero-order chi connectivity index (χ0) is 9.52. The maximum Gasteiger partial charge on any atom is 0.147 e. The number of rotatable bonds is 3. The van der Waals surface area contributed by atoms with Crippen molar-refractivity contribution < 1.29 is 0 Å². The number of nitrogens with one attached hydrogen (secondary N) is 1. The molecule has 0 aliphatic carbocycles. The summed E-state index contributed by atoms with van der Waals surface area (Å²) < 4.78 is 0. The van der Waals surface area contributed by atoms with Gasteiger partial charge in [0, 0.05) is 0 Å². The van der Waals surface area contributed by atoms with Crippen LogP contribution in [0.1, 0.15) is 5.56 Å². The average molecular weight is 174 g/mol. The van der Waals surface area contributed by atoms with Gasteiger partial charge in [-0.25, -0.2) is 0 Å². The number of hydrogen-bond donors (Lipinski definition) is 2. The molecule has 0 fully saturated rings. The third-order valence-electron chi connectivity index (χ3n) is 1.41. The molecule has 0 unspecified atom stereocenters. The van der Waals surface area contributed by atoms with Crippen molar-refractivity contribution in [1.82, 2.24) is 0 Å². The van der Waals surface area contributed by atoms with E-state index in [-0.39, 0.29) is 5.84 Å². The summed E-state index contributed by atoms with van der Waals surface area (Å²) in [5, 5.41) is 6.15. The van der Waals surface area contributed by atoms with Crippen molar-refractivity contribution in [2.45, 2.75) is 0 Å². The molecule has 13 heavy (non-hydrogen) atoms. The maximum atomic E-state index is 6.44. The number of nitrogens with two attached hydrogens (primary N) is 1. The van der Waals surface area contributed by atoms with Crippen molar-refractivity contribution in [2.75, 3.05) is 0 Å². The van der Waals surface area contributed by atoms with Crippen LogP contribution in [0.2, 0.25) is 0 Å². The summed E-state index contributed by atoms with van der Waals surface area (Å²) >= 11 is 0. The Morgan fingerprint density at radius 1 is 1.31 bits per heavy atom. The average Bonchev–Trinajstić information content (AvgIpc) is 2.17. The summed E-state index contributed by atoms with van der Waals surface area (Å²) in [5.41, 5.74) is 12.9. The first kappa shape index (κ1) is 9.12. The van der Waals surface area contributed by atoms with Gasteiger partial charge in [-0.3, -0.25) is 0 Å². The lowest BCUT2D eigenvalue weighted by molar-refractivity contribution is 0.988. The summed E-state index contributed by atoms with van der Waals surface area (Å²) in [6, 6.07) is 9.70. The Morgan fingerprint density at radius 2 is 2.00 bits per heavy atom. The molecule has 0 radical (unpaired) electrons. The lowest BCUT2D eigenvalue weighted by atomic mass is 10.2. The summed E-state index contributed by atoms with van der Waals surface area (Å²) in [6.07, 6.45) is 3.41. The second-order valence-corrected chi connectivity index (χ2v) is 2.37. The SMILES string of the molecule is N=N/N=C(N)/C=C/c1ccccc1. The second kappa shape index (κ2) is 4.82. The van der Waals surface area contributed by atoms with Gasteiger partial charge < -0.3 is 5.73 Å². The number of benzene rings is 1. The predicted octanol–water partition coefficient (Wildman–Crippen LogP) is 2.00. The minimum Gasteiger partial charge on any atom is -0.382 e. The summed E-state index contributed by atoms with van der Waals surface area (Å²) in [7, 11) is 0. The third kappa shape index (κ3) is 3.29. The first-order valence-corrected chi connectivity index (χ1v) is 3.76. The van der Waals surface area contributed by atoms with E-state index in [1.165, 1.54) is 0 Å². The van der Waals surface area contributed by atoms with E-state index in [0.717, 1.165) is 5.56 Å². The highest BCUT2D eigenvalue weighted by atomic mass is 15.3. The van der Waals surface area contributed by atoms with Gasteiger partial charge in [-0.2, -0.15) is 5.53 Å². The molecule has 0 spiro atoms. The molecule has 0 saturated carbocycles. The predicted molar refractivity (Wildman–Crippen MR) is 52.2 cm³/mol. The van der Waals surface area contributed by atoms with Crippen molar-refractivity contribution in [3.8, 4) is 0 Å². The van der Waals surface area contributed by atoms with E-state index in [1.54, 1.807) is 6.08 Å². The molecule has 0 aliphatic rings. The lowest BCUT2D eigenvalue weighted by Gasteiger charge is -1.90. The zero-order valence-electron chi connectivity index (χ0n) is 7.01. The van der Waals surface area contributed by atoms with E-state index in [2.05, 4.69) is 10.3 Å². The van der Waals surface area contributed by atoms with Crippen LogP contribution in [0.15, 0.2) is 46.7 Å². The van der Waals surface area contributed by atoms with Gasteiger partial charge in [0.1, 0.15) is 5.84 Å². The van der Waals surface area contributed by atoms with Crippen LogP contribution in [-0.4, -0.2) is 5.84 Å². The highest BCUT2D eigenvalue weighted by Crippen LogP contribution is 2.00. The molecule has 0 heterocycles.